The highest BCUT2D eigenvalue weighted by Gasteiger charge is 2.33. The first-order valence-electron chi connectivity index (χ1n) is 8.24. The Balaban J connectivity index is 1.78. The Labute approximate surface area is 138 Å². The summed E-state index contributed by atoms with van der Waals surface area (Å²) in [4.78, 5) is 0. The minimum Gasteiger partial charge on any atom is -0.194 e. The van der Waals surface area contributed by atoms with Gasteiger partial charge in [-0.05, 0) is 40.3 Å². The Morgan fingerprint density at radius 2 is 1.70 bits per heavy atom. The van der Waals surface area contributed by atoms with Crippen LogP contribution in [-0.2, 0) is 0 Å². The zero-order valence-corrected chi connectivity index (χ0v) is 14.0. The maximum Gasteiger partial charge on any atom is 0.203 e. The summed E-state index contributed by atoms with van der Waals surface area (Å²) in [7, 11) is 0. The van der Waals surface area contributed by atoms with Crippen LogP contribution < -0.4 is 0 Å². The quantitative estimate of drug-likeness (QED) is 0.625. The molecule has 0 spiro atoms. The van der Waals surface area contributed by atoms with Gasteiger partial charge in [0, 0.05) is 17.2 Å². The van der Waals surface area contributed by atoms with Gasteiger partial charge < -0.3 is 0 Å². The topological polar surface area (TPSA) is 3.01 Å². The van der Waals surface area contributed by atoms with Gasteiger partial charge in [-0.1, -0.05) is 57.2 Å². The van der Waals surface area contributed by atoms with E-state index < -0.39 is 0 Å². The summed E-state index contributed by atoms with van der Waals surface area (Å²) < 4.78 is 2.31. The summed E-state index contributed by atoms with van der Waals surface area (Å²) in [5, 5.41) is 0. The molecule has 0 bridgehead atoms. The summed E-state index contributed by atoms with van der Waals surface area (Å²) in [6.07, 6.45) is 9.13. The molecule has 0 fully saturated rings. The Morgan fingerprint density at radius 1 is 0.913 bits per heavy atom. The van der Waals surface area contributed by atoms with Crippen LogP contribution in [0.1, 0.15) is 37.9 Å². The lowest BCUT2D eigenvalue weighted by molar-refractivity contribution is -0.485. The number of hydrogen-bond acceptors (Lipinski definition) is 0. The van der Waals surface area contributed by atoms with E-state index in [1.54, 1.807) is 0 Å². The van der Waals surface area contributed by atoms with Gasteiger partial charge in [0.15, 0.2) is 12.4 Å². The average Bonchev–Trinajstić information content (AvgIpc) is 2.92. The lowest BCUT2D eigenvalue weighted by atomic mass is 9.83. The van der Waals surface area contributed by atoms with Crippen LogP contribution in [0.4, 0.5) is 0 Å². The van der Waals surface area contributed by atoms with E-state index >= 15 is 0 Å². The highest BCUT2D eigenvalue weighted by molar-refractivity contribution is 5.83. The summed E-state index contributed by atoms with van der Waals surface area (Å²) in [5.41, 5.74) is 6.89. The van der Waals surface area contributed by atoms with Crippen molar-refractivity contribution in [3.63, 3.8) is 0 Å². The molecule has 2 aliphatic heterocycles. The summed E-state index contributed by atoms with van der Waals surface area (Å²) in [5.74, 6) is 0. The smallest absolute Gasteiger partial charge is 0.194 e. The monoisotopic (exact) mass is 300 g/mol. The van der Waals surface area contributed by atoms with E-state index in [-0.39, 0.29) is 5.41 Å². The van der Waals surface area contributed by atoms with E-state index in [9.17, 15) is 0 Å². The molecule has 1 heteroatoms. The molecule has 2 heterocycles. The lowest BCUT2D eigenvalue weighted by Gasteiger charge is -2.23. The SMILES string of the molecule is CC(C)(C)C1=CC2c3cc(-c4ccccc4)ccc3C=[N+]2C=C1. The molecule has 0 radical (unpaired) electrons. The first kappa shape index (κ1) is 14.2. The van der Waals surface area contributed by atoms with E-state index in [0.29, 0.717) is 6.04 Å². The largest absolute Gasteiger partial charge is 0.203 e. The van der Waals surface area contributed by atoms with Gasteiger partial charge in [-0.15, -0.1) is 0 Å². The number of rotatable bonds is 1. The van der Waals surface area contributed by atoms with Crippen LogP contribution >= 0.6 is 0 Å². The van der Waals surface area contributed by atoms with Crippen molar-refractivity contribution in [2.75, 3.05) is 0 Å². The molecule has 23 heavy (non-hydrogen) atoms. The Morgan fingerprint density at radius 3 is 2.43 bits per heavy atom. The fraction of sp³-hybridized carbons (Fsp3) is 0.227. The molecular weight excluding hydrogens is 278 g/mol. The molecule has 2 aliphatic rings. The van der Waals surface area contributed by atoms with Crippen LogP contribution in [-0.4, -0.2) is 10.8 Å². The minimum absolute atomic E-state index is 0.183. The van der Waals surface area contributed by atoms with Crippen molar-refractivity contribution < 1.29 is 4.58 Å². The van der Waals surface area contributed by atoms with Gasteiger partial charge in [-0.3, -0.25) is 0 Å². The van der Waals surface area contributed by atoms with Crippen molar-refractivity contribution in [2.24, 2.45) is 5.41 Å². The summed E-state index contributed by atoms with van der Waals surface area (Å²) in [6.45, 7) is 6.83. The highest BCUT2D eigenvalue weighted by atomic mass is 15.0. The first-order valence-corrected chi connectivity index (χ1v) is 8.24. The molecule has 0 N–H and O–H groups in total. The zero-order valence-electron chi connectivity index (χ0n) is 14.0. The van der Waals surface area contributed by atoms with Gasteiger partial charge in [-0.25, -0.2) is 0 Å². The number of fused-ring (bicyclic) bond motifs is 3. The molecule has 0 amide bonds. The number of benzene rings is 2. The molecule has 2 aromatic rings. The second-order valence-electron chi connectivity index (χ2n) is 7.42. The van der Waals surface area contributed by atoms with Gasteiger partial charge in [-0.2, -0.15) is 4.58 Å². The number of hydrogen-bond donors (Lipinski definition) is 0. The number of nitrogens with zero attached hydrogens (tertiary/aromatic N) is 1. The van der Waals surface area contributed by atoms with Crippen molar-refractivity contribution in [3.05, 3.63) is 83.6 Å². The molecule has 114 valence electrons. The summed E-state index contributed by atoms with van der Waals surface area (Å²) in [6, 6.07) is 17.8. The third kappa shape index (κ3) is 2.46. The summed E-state index contributed by atoms with van der Waals surface area (Å²) >= 11 is 0. The molecule has 4 rings (SSSR count). The van der Waals surface area contributed by atoms with Crippen LogP contribution in [0.5, 0.6) is 0 Å². The molecule has 0 saturated heterocycles. The van der Waals surface area contributed by atoms with E-state index in [1.807, 2.05) is 0 Å². The van der Waals surface area contributed by atoms with Crippen molar-refractivity contribution in [3.8, 4) is 11.1 Å². The predicted molar refractivity (Wildman–Crippen MR) is 96.7 cm³/mol. The van der Waals surface area contributed by atoms with Gasteiger partial charge in [0.2, 0.25) is 6.04 Å². The molecule has 1 unspecified atom stereocenters. The van der Waals surface area contributed by atoms with Gasteiger partial charge in [0.1, 0.15) is 0 Å². The molecule has 2 aromatic carbocycles. The zero-order chi connectivity index (χ0) is 16.0. The normalized spacial score (nSPS) is 19.0. The van der Waals surface area contributed by atoms with Crippen molar-refractivity contribution in [1.82, 2.24) is 0 Å². The molecule has 0 saturated carbocycles. The van der Waals surface area contributed by atoms with Crippen LogP contribution in [0.2, 0.25) is 0 Å². The van der Waals surface area contributed by atoms with Crippen molar-refractivity contribution in [2.45, 2.75) is 26.8 Å². The van der Waals surface area contributed by atoms with Crippen LogP contribution in [0.3, 0.4) is 0 Å². The maximum absolute atomic E-state index is 2.41. The fourth-order valence-electron chi connectivity index (χ4n) is 3.36. The van der Waals surface area contributed by atoms with Crippen LogP contribution in [0.15, 0.2) is 72.5 Å². The van der Waals surface area contributed by atoms with E-state index in [2.05, 4.69) is 98.4 Å². The Kier molecular flexibility index (Phi) is 3.12. The standard InChI is InChI=1S/C22H22N/c1-22(2,3)19-11-12-23-15-18-10-9-17(13-20(18)21(23)14-19)16-7-5-4-6-8-16/h4-15,21H,1-3H3/q+1. The van der Waals surface area contributed by atoms with E-state index in [1.165, 1.54) is 27.8 Å². The van der Waals surface area contributed by atoms with Gasteiger partial charge >= 0.3 is 0 Å². The Hall–Kier alpha value is -2.41. The van der Waals surface area contributed by atoms with Crippen LogP contribution in [0, 0.1) is 5.41 Å². The van der Waals surface area contributed by atoms with Gasteiger partial charge in [0.05, 0.1) is 0 Å². The molecular formula is C22H22N+. The predicted octanol–water partition coefficient (Wildman–Crippen LogP) is 5.34. The average molecular weight is 300 g/mol. The maximum atomic E-state index is 2.41. The second-order valence-corrected chi connectivity index (χ2v) is 7.42. The van der Waals surface area contributed by atoms with Crippen molar-refractivity contribution >= 4 is 6.21 Å². The number of allylic oxidation sites excluding steroid dienone is 2. The fourth-order valence-corrected chi connectivity index (χ4v) is 3.36. The lowest BCUT2D eigenvalue weighted by Crippen LogP contribution is -2.16. The second kappa shape index (κ2) is 5.06. The van der Waals surface area contributed by atoms with Crippen LogP contribution in [0.25, 0.3) is 11.1 Å². The minimum atomic E-state index is 0.183. The molecule has 1 atom stereocenters. The van der Waals surface area contributed by atoms with E-state index in [4.69, 9.17) is 0 Å². The van der Waals surface area contributed by atoms with Crippen molar-refractivity contribution in [1.29, 1.82) is 0 Å². The molecule has 0 aromatic heterocycles. The van der Waals surface area contributed by atoms with E-state index in [0.717, 1.165) is 0 Å². The third-order valence-corrected chi connectivity index (χ3v) is 4.75. The molecule has 1 nitrogen and oxygen atoms in total. The van der Waals surface area contributed by atoms with Gasteiger partial charge in [0.25, 0.3) is 0 Å². The third-order valence-electron chi connectivity index (χ3n) is 4.75. The first-order chi connectivity index (χ1) is 11.0. The Bertz CT molecular complexity index is 845. The molecule has 0 aliphatic carbocycles. The highest BCUT2D eigenvalue weighted by Crippen LogP contribution is 2.38.